The molecule has 0 aromatic rings. The van der Waals surface area contributed by atoms with Crippen LogP contribution in [0.15, 0.2) is 4.99 Å². The monoisotopic (exact) mass is 301 g/mol. The van der Waals surface area contributed by atoms with Gasteiger partial charge in [-0.2, -0.15) is 17.0 Å². The summed E-state index contributed by atoms with van der Waals surface area (Å²) < 4.78 is 28.5. The molecule has 0 N–H and O–H groups in total. The molecule has 0 aliphatic carbocycles. The molecule has 2 atom stereocenters. The summed E-state index contributed by atoms with van der Waals surface area (Å²) in [6.07, 6.45) is 4.63. The maximum Gasteiger partial charge on any atom is 0.282 e. The van der Waals surface area contributed by atoms with Crippen molar-refractivity contribution >= 4 is 16.3 Å². The highest BCUT2D eigenvalue weighted by atomic mass is 32.2. The second-order valence-corrected chi connectivity index (χ2v) is 7.83. The van der Waals surface area contributed by atoms with Crippen molar-refractivity contribution in [2.24, 2.45) is 10.9 Å². The van der Waals surface area contributed by atoms with E-state index in [1.165, 1.54) is 0 Å². The standard InChI is InChI=1S/C13H23N3O3S/c1-11-3-6-15(7-4-11)20(18,19)16-8-5-13(14-10-17)9-12(16)2/h11-13H,3-9H2,1-2H3. The van der Waals surface area contributed by atoms with Gasteiger partial charge in [-0.3, -0.25) is 0 Å². The SMILES string of the molecule is CC1CCN(S(=O)(=O)N2CCC(N=C=O)CC2C)CC1. The summed E-state index contributed by atoms with van der Waals surface area (Å²) in [4.78, 5) is 14.0. The molecule has 20 heavy (non-hydrogen) atoms. The lowest BCUT2D eigenvalue weighted by atomic mass is 10.0. The van der Waals surface area contributed by atoms with Gasteiger partial charge in [-0.05, 0) is 38.5 Å². The van der Waals surface area contributed by atoms with Crippen LogP contribution in [0.2, 0.25) is 0 Å². The van der Waals surface area contributed by atoms with Crippen molar-refractivity contribution in [2.45, 2.75) is 51.6 Å². The Morgan fingerprint density at radius 1 is 1.10 bits per heavy atom. The summed E-state index contributed by atoms with van der Waals surface area (Å²) >= 11 is 0. The molecule has 0 bridgehead atoms. The van der Waals surface area contributed by atoms with Gasteiger partial charge in [0.05, 0.1) is 6.04 Å². The van der Waals surface area contributed by atoms with Crippen molar-refractivity contribution in [2.75, 3.05) is 19.6 Å². The minimum absolute atomic E-state index is 0.0877. The van der Waals surface area contributed by atoms with Crippen LogP contribution in [0.1, 0.15) is 39.5 Å². The third kappa shape index (κ3) is 3.28. The quantitative estimate of drug-likeness (QED) is 0.580. The Balaban J connectivity index is 2.05. The Hall–Kier alpha value is -0.750. The average Bonchev–Trinajstić information content (AvgIpc) is 2.39. The van der Waals surface area contributed by atoms with Gasteiger partial charge in [-0.1, -0.05) is 6.92 Å². The van der Waals surface area contributed by atoms with Gasteiger partial charge in [0.15, 0.2) is 0 Å². The maximum absolute atomic E-state index is 12.7. The largest absolute Gasteiger partial charge is 0.282 e. The topological polar surface area (TPSA) is 70.1 Å². The molecule has 0 spiro atoms. The van der Waals surface area contributed by atoms with Crippen molar-refractivity contribution in [1.29, 1.82) is 0 Å². The van der Waals surface area contributed by atoms with Gasteiger partial charge < -0.3 is 0 Å². The molecule has 114 valence electrons. The first kappa shape index (κ1) is 15.6. The van der Waals surface area contributed by atoms with Crippen LogP contribution in [0, 0.1) is 5.92 Å². The Morgan fingerprint density at radius 2 is 1.75 bits per heavy atom. The molecule has 2 aliphatic heterocycles. The highest BCUT2D eigenvalue weighted by molar-refractivity contribution is 7.86. The third-order valence-electron chi connectivity index (χ3n) is 4.39. The molecule has 0 aromatic carbocycles. The molecule has 0 radical (unpaired) electrons. The lowest BCUT2D eigenvalue weighted by Gasteiger charge is -2.39. The number of hydrogen-bond donors (Lipinski definition) is 0. The van der Waals surface area contributed by atoms with Gasteiger partial charge in [-0.15, -0.1) is 0 Å². The molecule has 0 aromatic heterocycles. The Bertz CT molecular complexity index is 479. The molecular weight excluding hydrogens is 278 g/mol. The smallest absolute Gasteiger partial charge is 0.211 e. The summed E-state index contributed by atoms with van der Waals surface area (Å²) in [5, 5.41) is 0. The van der Waals surface area contributed by atoms with Crippen LogP contribution in [0.25, 0.3) is 0 Å². The molecule has 2 fully saturated rings. The molecule has 2 unspecified atom stereocenters. The van der Waals surface area contributed by atoms with Crippen LogP contribution in [0.3, 0.4) is 0 Å². The summed E-state index contributed by atoms with van der Waals surface area (Å²) in [6.45, 7) is 5.71. The fourth-order valence-corrected chi connectivity index (χ4v) is 4.87. The minimum Gasteiger partial charge on any atom is -0.211 e. The predicted molar refractivity (Wildman–Crippen MR) is 76.2 cm³/mol. The van der Waals surface area contributed by atoms with Crippen molar-refractivity contribution in [1.82, 2.24) is 8.61 Å². The lowest BCUT2D eigenvalue weighted by molar-refractivity contribution is 0.212. The van der Waals surface area contributed by atoms with E-state index in [1.807, 2.05) is 6.92 Å². The molecule has 7 heteroatoms. The van der Waals surface area contributed by atoms with Crippen molar-refractivity contribution < 1.29 is 13.2 Å². The predicted octanol–water partition coefficient (Wildman–Crippen LogP) is 1.15. The molecule has 6 nitrogen and oxygen atoms in total. The maximum atomic E-state index is 12.7. The fraction of sp³-hybridized carbons (Fsp3) is 0.923. The average molecular weight is 301 g/mol. The molecule has 0 saturated carbocycles. The summed E-state index contributed by atoms with van der Waals surface area (Å²) in [6, 6.07) is -0.203. The molecule has 2 saturated heterocycles. The first-order valence-electron chi connectivity index (χ1n) is 7.29. The van der Waals surface area contributed by atoms with E-state index in [2.05, 4.69) is 11.9 Å². The molecule has 2 heterocycles. The van der Waals surface area contributed by atoms with Crippen molar-refractivity contribution in [3.8, 4) is 0 Å². The zero-order valence-electron chi connectivity index (χ0n) is 12.2. The van der Waals surface area contributed by atoms with Crippen LogP contribution in [-0.2, 0) is 15.0 Å². The van der Waals surface area contributed by atoms with Gasteiger partial charge in [0, 0.05) is 25.7 Å². The van der Waals surface area contributed by atoms with E-state index in [-0.39, 0.29) is 12.1 Å². The molecule has 0 amide bonds. The summed E-state index contributed by atoms with van der Waals surface area (Å²) in [5.41, 5.74) is 0. The summed E-state index contributed by atoms with van der Waals surface area (Å²) in [7, 11) is -3.37. The lowest BCUT2D eigenvalue weighted by Crippen LogP contribution is -2.53. The molecule has 2 rings (SSSR count). The summed E-state index contributed by atoms with van der Waals surface area (Å²) in [5.74, 6) is 0.603. The normalized spacial score (nSPS) is 30.9. The van der Waals surface area contributed by atoms with Crippen LogP contribution in [0.5, 0.6) is 0 Å². The molecule has 2 aliphatic rings. The van der Waals surface area contributed by atoms with Crippen LogP contribution >= 0.6 is 0 Å². The highest BCUT2D eigenvalue weighted by Gasteiger charge is 2.38. The van der Waals surface area contributed by atoms with E-state index in [0.29, 0.717) is 38.4 Å². The van der Waals surface area contributed by atoms with Gasteiger partial charge >= 0.3 is 0 Å². The van der Waals surface area contributed by atoms with Gasteiger partial charge in [-0.25, -0.2) is 9.79 Å². The van der Waals surface area contributed by atoms with E-state index >= 15 is 0 Å². The van der Waals surface area contributed by atoms with Crippen molar-refractivity contribution in [3.05, 3.63) is 0 Å². The second-order valence-electron chi connectivity index (χ2n) is 5.95. The van der Waals surface area contributed by atoms with E-state index in [4.69, 9.17) is 0 Å². The van der Waals surface area contributed by atoms with Gasteiger partial charge in [0.2, 0.25) is 6.08 Å². The fourth-order valence-electron chi connectivity index (χ4n) is 3.02. The minimum atomic E-state index is -3.37. The Morgan fingerprint density at radius 3 is 2.30 bits per heavy atom. The number of carbonyl (C=O) groups excluding carboxylic acids is 1. The third-order valence-corrected chi connectivity index (χ3v) is 6.54. The van der Waals surface area contributed by atoms with Crippen LogP contribution in [0.4, 0.5) is 0 Å². The first-order valence-corrected chi connectivity index (χ1v) is 8.68. The van der Waals surface area contributed by atoms with Crippen LogP contribution < -0.4 is 0 Å². The number of piperidine rings is 2. The number of hydrogen-bond acceptors (Lipinski definition) is 4. The van der Waals surface area contributed by atoms with E-state index in [0.717, 1.165) is 12.8 Å². The first-order chi connectivity index (χ1) is 9.45. The number of isocyanates is 1. The Kier molecular flexibility index (Phi) is 4.96. The second kappa shape index (κ2) is 6.35. The van der Waals surface area contributed by atoms with Gasteiger partial charge in [0.25, 0.3) is 10.2 Å². The van der Waals surface area contributed by atoms with E-state index in [9.17, 15) is 13.2 Å². The molecular formula is C13H23N3O3S. The zero-order valence-corrected chi connectivity index (χ0v) is 13.0. The number of rotatable bonds is 3. The number of aliphatic imine (C=N–C) groups is 1. The zero-order chi connectivity index (χ0) is 14.8. The highest BCUT2D eigenvalue weighted by Crippen LogP contribution is 2.27. The van der Waals surface area contributed by atoms with Crippen LogP contribution in [-0.4, -0.2) is 54.8 Å². The van der Waals surface area contributed by atoms with Crippen molar-refractivity contribution in [3.63, 3.8) is 0 Å². The Labute approximate surface area is 121 Å². The van der Waals surface area contributed by atoms with Gasteiger partial charge in [0.1, 0.15) is 0 Å². The number of nitrogens with zero attached hydrogens (tertiary/aromatic N) is 3. The van der Waals surface area contributed by atoms with E-state index in [1.54, 1.807) is 14.7 Å². The van der Waals surface area contributed by atoms with E-state index < -0.39 is 10.2 Å².